The molecular weight excluding hydrogens is 871 g/mol. The molecule has 4 amide bonds. The minimum atomic E-state index is -1.29. The van der Waals surface area contributed by atoms with Crippen molar-refractivity contribution in [2.75, 3.05) is 53.9 Å². The summed E-state index contributed by atoms with van der Waals surface area (Å²) in [5.41, 5.74) is 9.55. The van der Waals surface area contributed by atoms with E-state index in [1.807, 2.05) is 19.9 Å². The number of phenolic OH excluding ortho intramolecular Hbond substituents is 1. The van der Waals surface area contributed by atoms with Crippen LogP contribution in [0.3, 0.4) is 0 Å². The van der Waals surface area contributed by atoms with Gasteiger partial charge < -0.3 is 29.1 Å². The second-order valence-corrected chi connectivity index (χ2v) is 21.9. The number of fused-ring (bicyclic) bond motifs is 8. The zero-order valence-electron chi connectivity index (χ0n) is 41.7. The number of likely N-dealkylation sites (tertiary alicyclic amines) is 1. The van der Waals surface area contributed by atoms with Gasteiger partial charge in [0.15, 0.2) is 11.6 Å². The second kappa shape index (κ2) is 18.2. The number of benzene rings is 3. The fraction of sp³-hybridized carbons (Fsp3) is 0.509. The molecule has 0 radical (unpaired) electrons. The number of ether oxygens (including phenoxy) is 1. The van der Waals surface area contributed by atoms with Crippen LogP contribution < -0.4 is 5.43 Å². The van der Waals surface area contributed by atoms with Crippen LogP contribution in [0.15, 0.2) is 73.3 Å². The summed E-state index contributed by atoms with van der Waals surface area (Å²) in [6.07, 6.45) is 3.95. The summed E-state index contributed by atoms with van der Waals surface area (Å²) in [5, 5.41) is 14.2. The lowest BCUT2D eigenvalue weighted by molar-refractivity contribution is -0.826. The fourth-order valence-corrected chi connectivity index (χ4v) is 12.5. The normalized spacial score (nSPS) is 25.8. The maximum absolute atomic E-state index is 15.6. The van der Waals surface area contributed by atoms with Gasteiger partial charge in [0, 0.05) is 62.5 Å². The van der Waals surface area contributed by atoms with Crippen LogP contribution in [0.2, 0.25) is 0 Å². The van der Waals surface area contributed by atoms with E-state index in [0.717, 1.165) is 51.9 Å². The van der Waals surface area contributed by atoms with Gasteiger partial charge in [-0.25, -0.2) is 14.7 Å². The molecule has 1 aromatic heterocycles. The van der Waals surface area contributed by atoms with Gasteiger partial charge in [-0.1, -0.05) is 64.6 Å². The minimum absolute atomic E-state index is 0.0508. The SMILES string of the molecule is C=CC(=O)N1CC[C@H](C(=O)N(C)[C@H](C(=O)[N+]23CC2C[C@@]32Cc3cc(O)cc(c3)-c3ccc4c(c3)c(c(-c3cccc(CN(C)C)c3)n4CC)CC(C)(C)COC(=O)[C@@H]3CCCN(N3)C2=O)C(C)C)C1. The van der Waals surface area contributed by atoms with Crippen molar-refractivity contribution >= 4 is 40.5 Å². The molecule has 4 aromatic rings. The number of likely N-dealkylation sites (N-methyl/N-ethyl adjacent to an activating group) is 1. The molecule has 0 saturated carbocycles. The van der Waals surface area contributed by atoms with Gasteiger partial charge in [0.25, 0.3) is 5.91 Å². The Morgan fingerprint density at radius 3 is 2.46 bits per heavy atom. The Balaban J connectivity index is 1.15. The van der Waals surface area contributed by atoms with Crippen molar-refractivity contribution in [3.63, 3.8) is 0 Å². The minimum Gasteiger partial charge on any atom is -0.508 e. The quantitative estimate of drug-likeness (QED) is 0.0854. The van der Waals surface area contributed by atoms with Crippen molar-refractivity contribution in [2.45, 2.75) is 110 Å². The van der Waals surface area contributed by atoms with Crippen LogP contribution in [0, 0.1) is 17.3 Å². The summed E-state index contributed by atoms with van der Waals surface area (Å²) >= 11 is 0. The lowest BCUT2D eigenvalue weighted by atomic mass is 9.76. The fourth-order valence-electron chi connectivity index (χ4n) is 12.5. The average Bonchev–Trinajstić information content (AvgIpc) is 3.55. The third kappa shape index (κ3) is 8.45. The first-order valence-corrected chi connectivity index (χ1v) is 24.9. The number of nitrogens with one attached hydrogen (secondary N) is 1. The van der Waals surface area contributed by atoms with Crippen molar-refractivity contribution < 1.29 is 38.3 Å². The maximum Gasteiger partial charge on any atom is 0.338 e. The molecule has 2 N–H and O–H groups in total. The lowest BCUT2D eigenvalue weighted by Gasteiger charge is -2.50. The van der Waals surface area contributed by atoms with Crippen molar-refractivity contribution in [3.8, 4) is 28.1 Å². The molecule has 3 aromatic carbocycles. The molecule has 6 bridgehead atoms. The number of phenols is 1. The predicted molar refractivity (Wildman–Crippen MR) is 265 cm³/mol. The van der Waals surface area contributed by atoms with Gasteiger partial charge in [0.2, 0.25) is 11.8 Å². The highest BCUT2D eigenvalue weighted by atomic mass is 16.5. The molecule has 69 heavy (non-hydrogen) atoms. The third-order valence-electron chi connectivity index (χ3n) is 15.8. The van der Waals surface area contributed by atoms with Crippen LogP contribution in [0.1, 0.15) is 77.0 Å². The Morgan fingerprint density at radius 2 is 1.77 bits per heavy atom. The Hall–Kier alpha value is -5.83. The number of hydrogen-bond acceptors (Lipinski definition) is 9. The standard InChI is InChI=1S/C55H69N7O7/c1-10-47(64)59-21-19-39(31-59)50(65)58(9)48(34(3)4)51(66)62-32-41(62)28-55(62)27-36-23-40(25-42(63)24-36)37-17-18-46-43(26-37)44(49(60(46)11-2)38-15-12-14-35(22-38)30-57(7)8)29-54(5,6)33-69-52(67)45-16-13-20-61(56-45)53(55)68/h10,12,14-15,17-18,22-26,34,39,41,45,48,56H,1,11,13,16,19-21,27-33H2,2-9H3/p+1/t39-,41?,45-,48-,55+,62?/m0/s1. The molecule has 2 unspecified atom stereocenters. The number of esters is 1. The number of nitrogens with zero attached hydrogens (tertiary/aromatic N) is 6. The molecule has 5 aliphatic heterocycles. The summed E-state index contributed by atoms with van der Waals surface area (Å²) in [4.78, 5) is 77.3. The highest BCUT2D eigenvalue weighted by molar-refractivity contribution is 5.96. The first-order chi connectivity index (χ1) is 32.8. The number of aryl methyl sites for hydroxylation is 1. The van der Waals surface area contributed by atoms with E-state index in [-0.39, 0.29) is 65.4 Å². The van der Waals surface area contributed by atoms with Crippen LogP contribution in [0.25, 0.3) is 33.3 Å². The van der Waals surface area contributed by atoms with Gasteiger partial charge in [0.1, 0.15) is 24.4 Å². The van der Waals surface area contributed by atoms with Gasteiger partial charge >= 0.3 is 11.9 Å². The van der Waals surface area contributed by atoms with Crippen LogP contribution in [0.4, 0.5) is 0 Å². The van der Waals surface area contributed by atoms with E-state index in [4.69, 9.17) is 4.74 Å². The number of quaternary nitrogens is 1. The van der Waals surface area contributed by atoms with Crippen LogP contribution >= 0.6 is 0 Å². The number of rotatable bonds is 9. The third-order valence-corrected chi connectivity index (χ3v) is 15.8. The Morgan fingerprint density at radius 1 is 0.986 bits per heavy atom. The van der Waals surface area contributed by atoms with Crippen LogP contribution in [0.5, 0.6) is 5.75 Å². The van der Waals surface area contributed by atoms with E-state index in [0.29, 0.717) is 57.3 Å². The number of carbonyl (C=O) groups is 5. The maximum atomic E-state index is 15.6. The van der Waals surface area contributed by atoms with Gasteiger partial charge in [-0.15, -0.1) is 0 Å². The van der Waals surface area contributed by atoms with Crippen molar-refractivity contribution in [3.05, 3.63) is 90.0 Å². The number of hydrazine groups is 1. The van der Waals surface area contributed by atoms with Gasteiger partial charge in [-0.05, 0) is 122 Å². The molecule has 1 spiro atoms. The molecule has 4 saturated heterocycles. The summed E-state index contributed by atoms with van der Waals surface area (Å²) in [7, 11) is 5.81. The summed E-state index contributed by atoms with van der Waals surface area (Å²) in [5.74, 6) is -2.04. The van der Waals surface area contributed by atoms with E-state index >= 15 is 9.59 Å². The number of hydrogen-bond donors (Lipinski definition) is 2. The van der Waals surface area contributed by atoms with Gasteiger partial charge in [0.05, 0.1) is 24.6 Å². The predicted octanol–water partition coefficient (Wildman–Crippen LogP) is 6.31. The number of aromatic nitrogens is 1. The highest BCUT2D eigenvalue weighted by Crippen LogP contribution is 2.60. The molecule has 0 aliphatic carbocycles. The van der Waals surface area contributed by atoms with Gasteiger partial charge in [-0.3, -0.25) is 24.2 Å². The molecule has 14 heteroatoms. The second-order valence-electron chi connectivity index (χ2n) is 21.9. The molecule has 5 aliphatic rings. The van der Waals surface area contributed by atoms with Gasteiger partial charge in [-0.2, -0.15) is 0 Å². The monoisotopic (exact) mass is 941 g/mol. The lowest BCUT2D eigenvalue weighted by Crippen LogP contribution is -2.76. The van der Waals surface area contributed by atoms with Crippen LogP contribution in [-0.4, -0.2) is 141 Å². The molecular formula is C55H70N7O7+. The zero-order valence-corrected chi connectivity index (χ0v) is 41.7. The summed E-state index contributed by atoms with van der Waals surface area (Å²) < 4.78 is 8.46. The highest BCUT2D eigenvalue weighted by Gasteiger charge is 2.86. The van der Waals surface area contributed by atoms with Crippen molar-refractivity contribution in [1.29, 1.82) is 0 Å². The summed E-state index contributed by atoms with van der Waals surface area (Å²) in [6.45, 7) is 17.0. The Bertz CT molecular complexity index is 2740. The van der Waals surface area contributed by atoms with E-state index in [1.54, 1.807) is 34.0 Å². The van der Waals surface area contributed by atoms with E-state index < -0.39 is 34.9 Å². The van der Waals surface area contributed by atoms with E-state index in [2.05, 4.69) is 98.8 Å². The molecule has 4 fully saturated rings. The number of carbonyl (C=O) groups excluding carboxylic acids is 5. The molecule has 366 valence electrons. The Labute approximate surface area is 406 Å². The first-order valence-electron chi connectivity index (χ1n) is 24.9. The zero-order chi connectivity index (χ0) is 49.3. The number of amides is 4. The largest absolute Gasteiger partial charge is 0.508 e. The Kier molecular flexibility index (Phi) is 12.7. The van der Waals surface area contributed by atoms with E-state index in [1.165, 1.54) is 11.6 Å². The smallest absolute Gasteiger partial charge is 0.338 e. The first kappa shape index (κ1) is 48.2. The van der Waals surface area contributed by atoms with E-state index in [9.17, 15) is 19.5 Å². The molecule has 6 atom stereocenters. The van der Waals surface area contributed by atoms with Crippen molar-refractivity contribution in [1.82, 2.24) is 29.7 Å². The van der Waals surface area contributed by atoms with Crippen molar-refractivity contribution in [2.24, 2.45) is 17.3 Å². The number of cyclic esters (lactones) is 1. The van der Waals surface area contributed by atoms with Crippen LogP contribution in [-0.2, 0) is 54.6 Å². The number of aromatic hydroxyl groups is 1. The molecule has 9 rings (SSSR count). The topological polar surface area (TPSA) is 145 Å². The average molecular weight is 941 g/mol. The molecule has 14 nitrogen and oxygen atoms in total. The molecule has 6 heterocycles. The summed E-state index contributed by atoms with van der Waals surface area (Å²) in [6, 6.07) is 18.9.